The number of hydrogen-bond donors (Lipinski definition) is 1. The molecule has 0 spiro atoms. The molecule has 0 saturated carbocycles. The minimum atomic E-state index is 0.620. The summed E-state index contributed by atoms with van der Waals surface area (Å²) >= 11 is 0. The maximum atomic E-state index is 5.67. The fraction of sp³-hybridized carbons (Fsp3) is 0.667. The van der Waals surface area contributed by atoms with E-state index >= 15 is 0 Å². The Morgan fingerprint density at radius 1 is 1.05 bits per heavy atom. The first-order chi connectivity index (χ1) is 10.2. The van der Waals surface area contributed by atoms with E-state index in [1.165, 1.54) is 18.4 Å². The maximum Gasteiger partial charge on any atom is 0.119 e. The van der Waals surface area contributed by atoms with Gasteiger partial charge in [0.05, 0.1) is 6.61 Å². The van der Waals surface area contributed by atoms with Gasteiger partial charge in [0.2, 0.25) is 0 Å². The van der Waals surface area contributed by atoms with Crippen molar-refractivity contribution >= 4 is 0 Å². The lowest BCUT2D eigenvalue weighted by molar-refractivity contribution is 0.0957. The molecule has 0 aliphatic carbocycles. The van der Waals surface area contributed by atoms with Gasteiger partial charge in [0.25, 0.3) is 0 Å². The van der Waals surface area contributed by atoms with Crippen LogP contribution in [0.3, 0.4) is 0 Å². The minimum Gasteiger partial charge on any atom is -0.491 e. The molecule has 0 heterocycles. The first kappa shape index (κ1) is 18.0. The molecule has 0 aliphatic heterocycles. The molecule has 0 bridgehead atoms. The highest BCUT2D eigenvalue weighted by atomic mass is 16.5. The lowest BCUT2D eigenvalue weighted by Crippen LogP contribution is -2.13. The molecule has 3 heteroatoms. The van der Waals surface area contributed by atoms with E-state index in [2.05, 4.69) is 38.2 Å². The molecule has 120 valence electrons. The van der Waals surface area contributed by atoms with Crippen molar-refractivity contribution in [3.63, 3.8) is 0 Å². The molecule has 0 unspecified atom stereocenters. The van der Waals surface area contributed by atoms with Gasteiger partial charge in [-0.05, 0) is 49.4 Å². The molecular formula is C18H31NO2. The number of hydrogen-bond acceptors (Lipinski definition) is 3. The van der Waals surface area contributed by atoms with Crippen LogP contribution in [0.15, 0.2) is 24.3 Å². The summed E-state index contributed by atoms with van der Waals surface area (Å²) < 4.78 is 11.2. The van der Waals surface area contributed by atoms with Gasteiger partial charge in [0, 0.05) is 13.2 Å². The van der Waals surface area contributed by atoms with E-state index in [4.69, 9.17) is 9.47 Å². The first-order valence-corrected chi connectivity index (χ1v) is 8.22. The van der Waals surface area contributed by atoms with Crippen molar-refractivity contribution in [2.75, 3.05) is 26.4 Å². The van der Waals surface area contributed by atoms with Crippen LogP contribution < -0.4 is 10.1 Å². The Morgan fingerprint density at radius 3 is 2.48 bits per heavy atom. The zero-order valence-corrected chi connectivity index (χ0v) is 13.9. The van der Waals surface area contributed by atoms with Crippen molar-refractivity contribution in [1.82, 2.24) is 5.32 Å². The fourth-order valence-electron chi connectivity index (χ4n) is 2.03. The molecule has 0 aromatic heterocycles. The normalized spacial score (nSPS) is 11.0. The van der Waals surface area contributed by atoms with Crippen LogP contribution >= 0.6 is 0 Å². The van der Waals surface area contributed by atoms with E-state index in [0.717, 1.165) is 37.8 Å². The Morgan fingerprint density at radius 2 is 1.81 bits per heavy atom. The predicted molar refractivity (Wildman–Crippen MR) is 88.8 cm³/mol. The second-order valence-electron chi connectivity index (χ2n) is 5.82. The predicted octanol–water partition coefficient (Wildman–Crippen LogP) is 4.02. The van der Waals surface area contributed by atoms with E-state index < -0.39 is 0 Å². The Labute approximate surface area is 130 Å². The van der Waals surface area contributed by atoms with E-state index in [9.17, 15) is 0 Å². The third-order valence-corrected chi connectivity index (χ3v) is 3.25. The number of ether oxygens (including phenoxy) is 2. The second kappa shape index (κ2) is 11.6. The van der Waals surface area contributed by atoms with Crippen molar-refractivity contribution in [2.24, 2.45) is 5.92 Å². The van der Waals surface area contributed by atoms with Crippen LogP contribution in [0.1, 0.15) is 45.6 Å². The quantitative estimate of drug-likeness (QED) is 0.590. The van der Waals surface area contributed by atoms with Gasteiger partial charge >= 0.3 is 0 Å². The monoisotopic (exact) mass is 293 g/mol. The van der Waals surface area contributed by atoms with E-state index in [1.807, 2.05) is 12.1 Å². The topological polar surface area (TPSA) is 30.5 Å². The van der Waals surface area contributed by atoms with Gasteiger partial charge in [-0.25, -0.2) is 0 Å². The average Bonchev–Trinajstić information content (AvgIpc) is 2.48. The summed E-state index contributed by atoms with van der Waals surface area (Å²) in [4.78, 5) is 0. The third kappa shape index (κ3) is 9.48. The molecule has 0 aliphatic rings. The fourth-order valence-corrected chi connectivity index (χ4v) is 2.03. The third-order valence-electron chi connectivity index (χ3n) is 3.25. The van der Waals surface area contributed by atoms with Gasteiger partial charge in [-0.2, -0.15) is 0 Å². The summed E-state index contributed by atoms with van der Waals surface area (Å²) in [6.45, 7) is 10.8. The van der Waals surface area contributed by atoms with Gasteiger partial charge in [-0.3, -0.25) is 0 Å². The van der Waals surface area contributed by atoms with E-state index in [-0.39, 0.29) is 0 Å². The van der Waals surface area contributed by atoms with Crippen LogP contribution in [0.5, 0.6) is 5.75 Å². The molecule has 0 atom stereocenters. The number of nitrogens with one attached hydrogen (secondary N) is 1. The lowest BCUT2D eigenvalue weighted by atomic mass is 10.1. The summed E-state index contributed by atoms with van der Waals surface area (Å²) in [5.41, 5.74) is 1.29. The maximum absolute atomic E-state index is 5.67. The van der Waals surface area contributed by atoms with Crippen molar-refractivity contribution < 1.29 is 9.47 Å². The molecule has 0 fully saturated rings. The Hall–Kier alpha value is -1.06. The Kier molecular flexibility index (Phi) is 9.92. The summed E-state index contributed by atoms with van der Waals surface area (Å²) in [7, 11) is 0. The summed E-state index contributed by atoms with van der Waals surface area (Å²) in [6, 6.07) is 8.28. The average molecular weight is 293 g/mol. The highest BCUT2D eigenvalue weighted by Gasteiger charge is 1.97. The lowest BCUT2D eigenvalue weighted by Gasteiger charge is -2.09. The van der Waals surface area contributed by atoms with Crippen LogP contribution in [0.2, 0.25) is 0 Å². The zero-order chi connectivity index (χ0) is 15.3. The van der Waals surface area contributed by atoms with Gasteiger partial charge < -0.3 is 14.8 Å². The van der Waals surface area contributed by atoms with Gasteiger partial charge in [0.15, 0.2) is 0 Å². The molecule has 0 amide bonds. The summed E-state index contributed by atoms with van der Waals surface area (Å²) in [6.07, 6.45) is 3.53. The molecule has 1 N–H and O–H groups in total. The molecule has 21 heavy (non-hydrogen) atoms. The highest BCUT2D eigenvalue weighted by Crippen LogP contribution is 2.12. The Bertz CT molecular complexity index is 349. The largest absolute Gasteiger partial charge is 0.491 e. The minimum absolute atomic E-state index is 0.620. The van der Waals surface area contributed by atoms with Gasteiger partial charge in [-0.15, -0.1) is 0 Å². The Balaban J connectivity index is 2.07. The van der Waals surface area contributed by atoms with Crippen LogP contribution in [-0.4, -0.2) is 26.4 Å². The molecule has 0 radical (unpaired) electrons. The molecule has 1 aromatic carbocycles. The van der Waals surface area contributed by atoms with Crippen LogP contribution in [0.4, 0.5) is 0 Å². The van der Waals surface area contributed by atoms with E-state index in [0.29, 0.717) is 13.2 Å². The molecule has 3 nitrogen and oxygen atoms in total. The molecule has 0 saturated heterocycles. The van der Waals surface area contributed by atoms with Crippen LogP contribution in [-0.2, 0) is 11.3 Å². The summed E-state index contributed by atoms with van der Waals surface area (Å²) in [5.74, 6) is 1.68. The first-order valence-electron chi connectivity index (χ1n) is 8.22. The highest BCUT2D eigenvalue weighted by molar-refractivity contribution is 5.27. The number of benzene rings is 1. The molecule has 1 rings (SSSR count). The SMILES string of the molecule is CCCNCc1ccc(OCCOCCCC(C)C)cc1. The smallest absolute Gasteiger partial charge is 0.119 e. The van der Waals surface area contributed by atoms with E-state index in [1.54, 1.807) is 0 Å². The van der Waals surface area contributed by atoms with Crippen molar-refractivity contribution in [1.29, 1.82) is 0 Å². The summed E-state index contributed by atoms with van der Waals surface area (Å²) in [5, 5.41) is 3.39. The van der Waals surface area contributed by atoms with Crippen LogP contribution in [0.25, 0.3) is 0 Å². The second-order valence-corrected chi connectivity index (χ2v) is 5.82. The van der Waals surface area contributed by atoms with Crippen molar-refractivity contribution in [3.05, 3.63) is 29.8 Å². The van der Waals surface area contributed by atoms with Crippen LogP contribution in [0, 0.1) is 5.92 Å². The zero-order valence-electron chi connectivity index (χ0n) is 13.9. The van der Waals surface area contributed by atoms with Crippen molar-refractivity contribution in [2.45, 2.75) is 46.6 Å². The van der Waals surface area contributed by atoms with Crippen molar-refractivity contribution in [3.8, 4) is 5.75 Å². The van der Waals surface area contributed by atoms with Gasteiger partial charge in [0.1, 0.15) is 12.4 Å². The van der Waals surface area contributed by atoms with Gasteiger partial charge in [-0.1, -0.05) is 32.9 Å². The molecule has 1 aromatic rings. The number of rotatable bonds is 12. The standard InChI is InChI=1S/C18H31NO2/c1-4-11-19-15-17-7-9-18(10-8-17)21-14-13-20-12-5-6-16(2)3/h7-10,16,19H,4-6,11-15H2,1-3H3. The molecular weight excluding hydrogens is 262 g/mol.